The summed E-state index contributed by atoms with van der Waals surface area (Å²) in [5.41, 5.74) is 0.445. The predicted molar refractivity (Wildman–Crippen MR) is 78.7 cm³/mol. The molecule has 0 heterocycles. The standard InChI is InChI=1S/C15H21BrFNO/c1-3-9-18-14(15(19-2)7-4-8-15)12-10-11(16)5-6-13(12)17/h5-6,10,14,18H,3-4,7-9H2,1-2H3. The third-order valence-corrected chi connectivity index (χ3v) is 4.49. The summed E-state index contributed by atoms with van der Waals surface area (Å²) >= 11 is 3.43. The Balaban J connectivity index is 2.33. The van der Waals surface area contributed by atoms with Crippen molar-refractivity contribution in [3.63, 3.8) is 0 Å². The van der Waals surface area contributed by atoms with Gasteiger partial charge in [-0.25, -0.2) is 4.39 Å². The van der Waals surface area contributed by atoms with Gasteiger partial charge in [0, 0.05) is 17.1 Å². The normalized spacial score (nSPS) is 18.9. The maximum Gasteiger partial charge on any atom is 0.128 e. The molecule has 19 heavy (non-hydrogen) atoms. The molecule has 1 N–H and O–H groups in total. The van der Waals surface area contributed by atoms with E-state index in [0.717, 1.165) is 36.7 Å². The highest BCUT2D eigenvalue weighted by Crippen LogP contribution is 2.45. The van der Waals surface area contributed by atoms with E-state index in [1.807, 2.05) is 6.07 Å². The van der Waals surface area contributed by atoms with Crippen LogP contribution >= 0.6 is 15.9 Å². The van der Waals surface area contributed by atoms with Crippen molar-refractivity contribution in [1.82, 2.24) is 5.32 Å². The number of methoxy groups -OCH3 is 1. The van der Waals surface area contributed by atoms with Crippen LogP contribution in [0.3, 0.4) is 0 Å². The van der Waals surface area contributed by atoms with Gasteiger partial charge in [-0.15, -0.1) is 0 Å². The summed E-state index contributed by atoms with van der Waals surface area (Å²) in [6.07, 6.45) is 4.13. The number of hydrogen-bond acceptors (Lipinski definition) is 2. The molecule has 0 radical (unpaired) electrons. The van der Waals surface area contributed by atoms with Crippen molar-refractivity contribution in [2.75, 3.05) is 13.7 Å². The summed E-state index contributed by atoms with van der Waals surface area (Å²) in [6.45, 7) is 2.98. The summed E-state index contributed by atoms with van der Waals surface area (Å²) in [5, 5.41) is 3.46. The molecular weight excluding hydrogens is 309 g/mol. The van der Waals surface area contributed by atoms with Gasteiger partial charge in [0.15, 0.2) is 0 Å². The fourth-order valence-electron chi connectivity index (χ4n) is 2.74. The molecule has 0 spiro atoms. The first-order valence-corrected chi connectivity index (χ1v) is 7.66. The summed E-state index contributed by atoms with van der Waals surface area (Å²) in [4.78, 5) is 0. The van der Waals surface area contributed by atoms with Gasteiger partial charge in [-0.1, -0.05) is 22.9 Å². The van der Waals surface area contributed by atoms with Gasteiger partial charge in [-0.3, -0.25) is 0 Å². The fourth-order valence-corrected chi connectivity index (χ4v) is 3.12. The second kappa shape index (κ2) is 6.33. The van der Waals surface area contributed by atoms with E-state index in [1.54, 1.807) is 13.2 Å². The van der Waals surface area contributed by atoms with E-state index in [-0.39, 0.29) is 17.5 Å². The van der Waals surface area contributed by atoms with Crippen molar-refractivity contribution in [2.45, 2.75) is 44.2 Å². The zero-order valence-electron chi connectivity index (χ0n) is 11.5. The molecule has 0 amide bonds. The first-order chi connectivity index (χ1) is 9.13. The highest BCUT2D eigenvalue weighted by Gasteiger charge is 2.45. The zero-order chi connectivity index (χ0) is 13.9. The number of nitrogens with one attached hydrogen (secondary N) is 1. The van der Waals surface area contributed by atoms with E-state index in [2.05, 4.69) is 28.2 Å². The Morgan fingerprint density at radius 1 is 1.47 bits per heavy atom. The first kappa shape index (κ1) is 14.9. The lowest BCUT2D eigenvalue weighted by Crippen LogP contribution is -2.51. The van der Waals surface area contributed by atoms with Gasteiger partial charge in [0.05, 0.1) is 11.6 Å². The van der Waals surface area contributed by atoms with Gasteiger partial charge < -0.3 is 10.1 Å². The second-order valence-corrected chi connectivity index (χ2v) is 6.09. The SMILES string of the molecule is CCCNC(c1cc(Br)ccc1F)C1(OC)CCC1. The van der Waals surface area contributed by atoms with Crippen LogP contribution < -0.4 is 5.32 Å². The molecule has 0 bridgehead atoms. The molecule has 0 saturated heterocycles. The number of ether oxygens (including phenoxy) is 1. The maximum atomic E-state index is 14.2. The quantitative estimate of drug-likeness (QED) is 0.844. The predicted octanol–water partition coefficient (Wildman–Crippen LogP) is 4.20. The van der Waals surface area contributed by atoms with Gasteiger partial charge in [0.25, 0.3) is 0 Å². The summed E-state index contributed by atoms with van der Waals surface area (Å²) in [5.74, 6) is -0.167. The molecular formula is C15H21BrFNO. The lowest BCUT2D eigenvalue weighted by Gasteiger charge is -2.47. The summed E-state index contributed by atoms with van der Waals surface area (Å²) in [6, 6.07) is 5.03. The van der Waals surface area contributed by atoms with Gasteiger partial charge in [-0.2, -0.15) is 0 Å². The van der Waals surface area contributed by atoms with Crippen LogP contribution in [-0.2, 0) is 4.74 Å². The molecule has 106 valence electrons. The average molecular weight is 330 g/mol. The Bertz CT molecular complexity index is 429. The highest BCUT2D eigenvalue weighted by molar-refractivity contribution is 9.10. The Labute approximate surface area is 122 Å². The molecule has 4 heteroatoms. The third kappa shape index (κ3) is 3.01. The molecule has 1 fully saturated rings. The summed E-state index contributed by atoms with van der Waals surface area (Å²) < 4.78 is 20.8. The van der Waals surface area contributed by atoms with Gasteiger partial charge in [-0.05, 0) is 50.4 Å². The maximum absolute atomic E-state index is 14.2. The van der Waals surface area contributed by atoms with Gasteiger partial charge in [0.1, 0.15) is 5.82 Å². The molecule has 1 aliphatic rings. The molecule has 1 unspecified atom stereocenters. The topological polar surface area (TPSA) is 21.3 Å². The Morgan fingerprint density at radius 2 is 2.21 bits per heavy atom. The lowest BCUT2D eigenvalue weighted by molar-refractivity contribution is -0.100. The third-order valence-electron chi connectivity index (χ3n) is 4.00. The van der Waals surface area contributed by atoms with E-state index in [0.29, 0.717) is 5.56 Å². The van der Waals surface area contributed by atoms with Crippen molar-refractivity contribution < 1.29 is 9.13 Å². The largest absolute Gasteiger partial charge is 0.376 e. The smallest absolute Gasteiger partial charge is 0.128 e. The van der Waals surface area contributed by atoms with E-state index in [1.165, 1.54) is 6.07 Å². The molecule has 1 saturated carbocycles. The van der Waals surface area contributed by atoms with Crippen LogP contribution in [0.1, 0.15) is 44.2 Å². The average Bonchev–Trinajstić information content (AvgIpc) is 2.36. The molecule has 2 nitrogen and oxygen atoms in total. The molecule has 1 atom stereocenters. The van der Waals surface area contributed by atoms with E-state index in [9.17, 15) is 4.39 Å². The van der Waals surface area contributed by atoms with Crippen molar-refractivity contribution in [3.8, 4) is 0 Å². The highest BCUT2D eigenvalue weighted by atomic mass is 79.9. The molecule has 1 aromatic rings. The van der Waals surface area contributed by atoms with Crippen LogP contribution in [0.5, 0.6) is 0 Å². The number of halogens is 2. The van der Waals surface area contributed by atoms with E-state index < -0.39 is 0 Å². The first-order valence-electron chi connectivity index (χ1n) is 6.86. The monoisotopic (exact) mass is 329 g/mol. The van der Waals surface area contributed by atoms with Crippen LogP contribution in [0.25, 0.3) is 0 Å². The molecule has 2 rings (SSSR count). The van der Waals surface area contributed by atoms with Crippen molar-refractivity contribution in [2.24, 2.45) is 0 Å². The van der Waals surface area contributed by atoms with Gasteiger partial charge in [0.2, 0.25) is 0 Å². The minimum absolute atomic E-state index is 0.0799. The minimum atomic E-state index is -0.253. The van der Waals surface area contributed by atoms with Crippen molar-refractivity contribution in [1.29, 1.82) is 0 Å². The molecule has 0 aliphatic heterocycles. The Kier molecular flexibility index (Phi) is 4.98. The van der Waals surface area contributed by atoms with Crippen LogP contribution in [0, 0.1) is 5.82 Å². The number of rotatable bonds is 6. The minimum Gasteiger partial charge on any atom is -0.376 e. The van der Waals surface area contributed by atoms with E-state index in [4.69, 9.17) is 4.74 Å². The summed E-state index contributed by atoms with van der Waals surface area (Å²) in [7, 11) is 1.73. The Morgan fingerprint density at radius 3 is 2.74 bits per heavy atom. The van der Waals surface area contributed by atoms with Crippen molar-refractivity contribution in [3.05, 3.63) is 34.1 Å². The van der Waals surface area contributed by atoms with Gasteiger partial charge >= 0.3 is 0 Å². The van der Waals surface area contributed by atoms with Crippen LogP contribution in [0.4, 0.5) is 4.39 Å². The number of hydrogen-bond donors (Lipinski definition) is 1. The molecule has 1 aliphatic carbocycles. The zero-order valence-corrected chi connectivity index (χ0v) is 13.1. The molecule has 0 aromatic heterocycles. The van der Waals surface area contributed by atoms with Crippen molar-refractivity contribution >= 4 is 15.9 Å². The van der Waals surface area contributed by atoms with Crippen LogP contribution in [0.15, 0.2) is 22.7 Å². The lowest BCUT2D eigenvalue weighted by atomic mass is 9.72. The molecule has 1 aromatic carbocycles. The van der Waals surface area contributed by atoms with Crippen LogP contribution in [0.2, 0.25) is 0 Å². The van der Waals surface area contributed by atoms with Crippen LogP contribution in [-0.4, -0.2) is 19.3 Å². The number of benzene rings is 1. The fraction of sp³-hybridized carbons (Fsp3) is 0.600. The Hall–Kier alpha value is -0.450. The second-order valence-electron chi connectivity index (χ2n) is 5.18. The van der Waals surface area contributed by atoms with E-state index >= 15 is 0 Å².